The zero-order valence-corrected chi connectivity index (χ0v) is 18.7. The van der Waals surface area contributed by atoms with E-state index in [0.29, 0.717) is 23.3 Å². The standard InChI is InChI=1S/C24H26F3N3OS/c1-14(21(31)30-23-11-15-7-16(12-23)9-17(8-15)13-23)32-22-28-19(18-5-3-2-4-6-18)10-20(29-22)24(25,26)27/h2-6,10,14-17H,7-9,11-13H2,1H3,(H,30,31)/t14-,15?,16?,17?,23?/m1/s1. The molecule has 4 aliphatic rings. The monoisotopic (exact) mass is 461 g/mol. The van der Waals surface area contributed by atoms with E-state index in [1.807, 2.05) is 0 Å². The third-order valence-electron chi connectivity index (χ3n) is 7.14. The Morgan fingerprint density at radius 3 is 2.22 bits per heavy atom. The number of hydrogen-bond acceptors (Lipinski definition) is 4. The second-order valence-corrected chi connectivity index (χ2v) is 11.0. The van der Waals surface area contributed by atoms with Gasteiger partial charge < -0.3 is 5.32 Å². The van der Waals surface area contributed by atoms with E-state index >= 15 is 0 Å². The van der Waals surface area contributed by atoms with Crippen LogP contribution in [0.2, 0.25) is 0 Å². The first-order valence-electron chi connectivity index (χ1n) is 11.2. The van der Waals surface area contributed by atoms with Crippen LogP contribution < -0.4 is 5.32 Å². The van der Waals surface area contributed by atoms with Crippen LogP contribution in [0.1, 0.15) is 51.1 Å². The molecule has 32 heavy (non-hydrogen) atoms. The van der Waals surface area contributed by atoms with Crippen molar-refractivity contribution in [2.45, 2.75) is 67.6 Å². The molecule has 4 bridgehead atoms. The molecular formula is C24H26F3N3OS. The number of nitrogens with one attached hydrogen (secondary N) is 1. The number of rotatable bonds is 5. The summed E-state index contributed by atoms with van der Waals surface area (Å²) in [6.45, 7) is 1.71. The lowest BCUT2D eigenvalue weighted by molar-refractivity contribution is -0.141. The van der Waals surface area contributed by atoms with Gasteiger partial charge in [0.1, 0.15) is 5.69 Å². The van der Waals surface area contributed by atoms with Gasteiger partial charge in [-0.25, -0.2) is 9.97 Å². The molecule has 4 fully saturated rings. The molecule has 0 radical (unpaired) electrons. The minimum absolute atomic E-state index is 0.0353. The molecule has 4 saturated carbocycles. The number of aromatic nitrogens is 2. The van der Waals surface area contributed by atoms with Crippen molar-refractivity contribution in [1.29, 1.82) is 0 Å². The van der Waals surface area contributed by atoms with Gasteiger partial charge in [0.25, 0.3) is 0 Å². The minimum Gasteiger partial charge on any atom is -0.350 e. The molecule has 6 rings (SSSR count). The van der Waals surface area contributed by atoms with E-state index in [-0.39, 0.29) is 22.3 Å². The van der Waals surface area contributed by atoms with Crippen LogP contribution in [0.15, 0.2) is 41.6 Å². The van der Waals surface area contributed by atoms with E-state index in [2.05, 4.69) is 15.3 Å². The van der Waals surface area contributed by atoms with Crippen LogP contribution >= 0.6 is 11.8 Å². The Balaban J connectivity index is 1.34. The maximum Gasteiger partial charge on any atom is 0.433 e. The zero-order chi connectivity index (χ0) is 22.5. The van der Waals surface area contributed by atoms with Gasteiger partial charge >= 0.3 is 6.18 Å². The van der Waals surface area contributed by atoms with Crippen LogP contribution in [0.25, 0.3) is 11.3 Å². The maximum absolute atomic E-state index is 13.5. The van der Waals surface area contributed by atoms with Crippen molar-refractivity contribution in [3.63, 3.8) is 0 Å². The van der Waals surface area contributed by atoms with E-state index in [1.54, 1.807) is 37.3 Å². The van der Waals surface area contributed by atoms with Crippen LogP contribution in [0, 0.1) is 17.8 Å². The Bertz CT molecular complexity index is 976. The molecule has 1 aromatic carbocycles. The second-order valence-electron chi connectivity index (χ2n) is 9.73. The van der Waals surface area contributed by atoms with Gasteiger partial charge in [-0.2, -0.15) is 13.2 Å². The first kappa shape index (κ1) is 21.7. The molecule has 1 N–H and O–H groups in total. The smallest absolute Gasteiger partial charge is 0.350 e. The average Bonchev–Trinajstić information content (AvgIpc) is 2.72. The summed E-state index contributed by atoms with van der Waals surface area (Å²) in [6, 6.07) is 9.67. The molecule has 1 amide bonds. The number of halogens is 3. The van der Waals surface area contributed by atoms with E-state index in [9.17, 15) is 18.0 Å². The second kappa shape index (κ2) is 8.04. The summed E-state index contributed by atoms with van der Waals surface area (Å²) in [5.74, 6) is 1.96. The average molecular weight is 462 g/mol. The molecule has 8 heteroatoms. The Labute approximate surface area is 189 Å². The number of hydrogen-bond donors (Lipinski definition) is 1. The molecule has 4 aliphatic carbocycles. The van der Waals surface area contributed by atoms with Crippen molar-refractivity contribution < 1.29 is 18.0 Å². The summed E-state index contributed by atoms with van der Waals surface area (Å²) in [5.41, 5.74) is -0.357. The SMILES string of the molecule is C[C@@H](Sc1nc(-c2ccccc2)cc(C(F)(F)F)n1)C(=O)NC12CC3CC(CC(C3)C1)C2. The highest BCUT2D eigenvalue weighted by Gasteiger charge is 2.51. The van der Waals surface area contributed by atoms with Crippen molar-refractivity contribution in [2.24, 2.45) is 17.8 Å². The fraction of sp³-hybridized carbons (Fsp3) is 0.542. The molecule has 170 valence electrons. The minimum atomic E-state index is -4.59. The number of carbonyl (C=O) groups excluding carboxylic acids is 1. The van der Waals surface area contributed by atoms with Gasteiger partial charge in [-0.15, -0.1) is 0 Å². The Morgan fingerprint density at radius 2 is 1.66 bits per heavy atom. The molecule has 0 saturated heterocycles. The predicted molar refractivity (Wildman–Crippen MR) is 117 cm³/mol. The number of nitrogens with zero attached hydrogens (tertiary/aromatic N) is 2. The van der Waals surface area contributed by atoms with Crippen molar-refractivity contribution in [3.05, 3.63) is 42.1 Å². The first-order valence-corrected chi connectivity index (χ1v) is 12.1. The first-order chi connectivity index (χ1) is 15.2. The normalized spacial score (nSPS) is 29.7. The van der Waals surface area contributed by atoms with Gasteiger partial charge in [0.05, 0.1) is 10.9 Å². The van der Waals surface area contributed by atoms with Crippen LogP contribution in [0.3, 0.4) is 0 Å². The fourth-order valence-corrected chi connectivity index (χ4v) is 7.00. The maximum atomic E-state index is 13.5. The molecule has 1 aromatic heterocycles. The lowest BCUT2D eigenvalue weighted by atomic mass is 9.53. The van der Waals surface area contributed by atoms with Gasteiger partial charge in [-0.3, -0.25) is 4.79 Å². The number of carbonyl (C=O) groups is 1. The molecule has 2 aromatic rings. The predicted octanol–water partition coefficient (Wildman–Crippen LogP) is 5.73. The van der Waals surface area contributed by atoms with E-state index in [1.165, 1.54) is 19.3 Å². The van der Waals surface area contributed by atoms with Crippen LogP contribution in [-0.2, 0) is 11.0 Å². The number of benzene rings is 1. The van der Waals surface area contributed by atoms with Gasteiger partial charge in [0, 0.05) is 11.1 Å². The zero-order valence-electron chi connectivity index (χ0n) is 17.9. The molecule has 1 atom stereocenters. The lowest BCUT2D eigenvalue weighted by Crippen LogP contribution is -2.60. The van der Waals surface area contributed by atoms with Crippen LogP contribution in [0.4, 0.5) is 13.2 Å². The Hall–Kier alpha value is -2.09. The van der Waals surface area contributed by atoms with Crippen molar-refractivity contribution in [1.82, 2.24) is 15.3 Å². The topological polar surface area (TPSA) is 54.9 Å². The third kappa shape index (κ3) is 4.38. The summed E-state index contributed by atoms with van der Waals surface area (Å²) in [7, 11) is 0. The largest absolute Gasteiger partial charge is 0.433 e. The van der Waals surface area contributed by atoms with Crippen LogP contribution in [0.5, 0.6) is 0 Å². The van der Waals surface area contributed by atoms with E-state index < -0.39 is 17.1 Å². The molecule has 0 aliphatic heterocycles. The number of alkyl halides is 3. The summed E-state index contributed by atoms with van der Waals surface area (Å²) in [5, 5.41) is 2.67. The Morgan fingerprint density at radius 1 is 1.06 bits per heavy atom. The third-order valence-corrected chi connectivity index (χ3v) is 8.10. The highest BCUT2D eigenvalue weighted by Crippen LogP contribution is 2.55. The lowest BCUT2D eigenvalue weighted by Gasteiger charge is -2.57. The number of amides is 1. The number of thioether (sulfide) groups is 1. The molecule has 1 heterocycles. The van der Waals surface area contributed by atoms with Gasteiger partial charge in [0.2, 0.25) is 5.91 Å². The molecule has 0 unspecified atom stereocenters. The van der Waals surface area contributed by atoms with Gasteiger partial charge in [-0.05, 0) is 69.3 Å². The summed E-state index contributed by atoms with van der Waals surface area (Å²) in [4.78, 5) is 21.1. The van der Waals surface area contributed by atoms with Gasteiger partial charge in [0.15, 0.2) is 5.16 Å². The summed E-state index contributed by atoms with van der Waals surface area (Å²) >= 11 is 0.985. The van der Waals surface area contributed by atoms with Crippen molar-refractivity contribution >= 4 is 17.7 Å². The summed E-state index contributed by atoms with van der Waals surface area (Å²) < 4.78 is 40.4. The molecule has 0 spiro atoms. The van der Waals surface area contributed by atoms with E-state index in [0.717, 1.165) is 37.1 Å². The highest BCUT2D eigenvalue weighted by molar-refractivity contribution is 8.00. The highest BCUT2D eigenvalue weighted by atomic mass is 32.2. The fourth-order valence-electron chi connectivity index (χ4n) is 6.22. The summed E-state index contributed by atoms with van der Waals surface area (Å²) in [6.07, 6.45) is 2.33. The van der Waals surface area contributed by atoms with Crippen molar-refractivity contribution in [2.75, 3.05) is 0 Å². The van der Waals surface area contributed by atoms with Crippen molar-refractivity contribution in [3.8, 4) is 11.3 Å². The van der Waals surface area contributed by atoms with Gasteiger partial charge in [-0.1, -0.05) is 42.1 Å². The molecule has 4 nitrogen and oxygen atoms in total. The van der Waals surface area contributed by atoms with Crippen LogP contribution in [-0.4, -0.2) is 26.7 Å². The quantitative estimate of drug-likeness (QED) is 0.457. The molecular weight excluding hydrogens is 435 g/mol. The Kier molecular flexibility index (Phi) is 5.47. The van der Waals surface area contributed by atoms with E-state index in [4.69, 9.17) is 0 Å².